The van der Waals surface area contributed by atoms with Gasteiger partial charge in [-0.25, -0.2) is 4.39 Å². The first-order valence-electron chi connectivity index (χ1n) is 5.58. The van der Waals surface area contributed by atoms with Crippen molar-refractivity contribution in [3.8, 4) is 0 Å². The summed E-state index contributed by atoms with van der Waals surface area (Å²) >= 11 is 0. The molecule has 1 unspecified atom stereocenters. The van der Waals surface area contributed by atoms with Gasteiger partial charge in [-0.15, -0.1) is 0 Å². The smallest absolute Gasteiger partial charge is 0.303 e. The van der Waals surface area contributed by atoms with E-state index in [4.69, 9.17) is 14.2 Å². The molecule has 1 aliphatic heterocycles. The van der Waals surface area contributed by atoms with Crippen molar-refractivity contribution in [2.45, 2.75) is 45.4 Å². The predicted molar refractivity (Wildman–Crippen MR) is 57.5 cm³/mol. The average molecular weight is 278 g/mol. The normalized spacial score (nSPS) is 29.7. The average Bonchev–Trinajstić information content (AvgIpc) is 2.53. The Labute approximate surface area is 108 Å². The van der Waals surface area contributed by atoms with Crippen LogP contribution in [0.3, 0.4) is 0 Å². The Morgan fingerprint density at radius 3 is 2.00 bits per heavy atom. The Morgan fingerprint density at radius 1 is 1.00 bits per heavy atom. The van der Waals surface area contributed by atoms with Crippen LogP contribution in [0.2, 0.25) is 0 Å². The molecule has 1 saturated heterocycles. The van der Waals surface area contributed by atoms with Gasteiger partial charge in [0.2, 0.25) is 6.36 Å². The van der Waals surface area contributed by atoms with E-state index in [1.165, 1.54) is 6.92 Å². The van der Waals surface area contributed by atoms with Gasteiger partial charge in [0.05, 0.1) is 0 Å². The van der Waals surface area contributed by atoms with Gasteiger partial charge in [-0.2, -0.15) is 0 Å². The minimum atomic E-state index is -1.95. The topological polar surface area (TPSA) is 88.1 Å². The monoisotopic (exact) mass is 278 g/mol. The summed E-state index contributed by atoms with van der Waals surface area (Å²) in [6, 6.07) is 0. The number of hydrogen-bond donors (Lipinski definition) is 0. The van der Waals surface area contributed by atoms with E-state index in [0.717, 1.165) is 13.8 Å². The third-order valence-electron chi connectivity index (χ3n) is 2.31. The number of carbonyl (C=O) groups is 3. The van der Waals surface area contributed by atoms with E-state index < -0.39 is 42.6 Å². The van der Waals surface area contributed by atoms with E-state index in [9.17, 15) is 18.8 Å². The number of halogens is 1. The molecule has 7 nitrogen and oxygen atoms in total. The van der Waals surface area contributed by atoms with Crippen molar-refractivity contribution >= 4 is 17.9 Å². The summed E-state index contributed by atoms with van der Waals surface area (Å²) in [6.45, 7) is 3.09. The Morgan fingerprint density at radius 2 is 1.53 bits per heavy atom. The maximum Gasteiger partial charge on any atom is 0.303 e. The molecule has 1 heterocycles. The molecule has 0 aromatic carbocycles. The van der Waals surface area contributed by atoms with Crippen molar-refractivity contribution in [1.29, 1.82) is 0 Å². The zero-order valence-corrected chi connectivity index (χ0v) is 10.8. The van der Waals surface area contributed by atoms with Crippen LogP contribution in [0.15, 0.2) is 0 Å². The van der Waals surface area contributed by atoms with E-state index in [1.54, 1.807) is 0 Å². The Bertz CT molecular complexity index is 370. The molecule has 19 heavy (non-hydrogen) atoms. The second-order valence-corrected chi connectivity index (χ2v) is 3.98. The van der Waals surface area contributed by atoms with Crippen LogP contribution in [0.25, 0.3) is 0 Å². The minimum absolute atomic E-state index is 0.300. The van der Waals surface area contributed by atoms with Crippen molar-refractivity contribution in [2.24, 2.45) is 0 Å². The largest absolute Gasteiger partial charge is 0.463 e. The lowest BCUT2D eigenvalue weighted by atomic mass is 10.1. The maximum atomic E-state index is 13.6. The van der Waals surface area contributed by atoms with Gasteiger partial charge in [-0.1, -0.05) is 0 Å². The zero-order valence-electron chi connectivity index (χ0n) is 10.8. The molecule has 0 saturated carbocycles. The summed E-state index contributed by atoms with van der Waals surface area (Å²) < 4.78 is 32.7. The Balaban J connectivity index is 2.76. The lowest BCUT2D eigenvalue weighted by molar-refractivity contribution is -0.167. The molecule has 0 spiro atoms. The van der Waals surface area contributed by atoms with Gasteiger partial charge in [0, 0.05) is 20.8 Å². The molecule has 1 rings (SSSR count). The molecule has 1 aliphatic rings. The van der Waals surface area contributed by atoms with E-state index >= 15 is 0 Å². The fourth-order valence-corrected chi connectivity index (χ4v) is 1.66. The van der Waals surface area contributed by atoms with Gasteiger partial charge in [0.25, 0.3) is 0 Å². The molecule has 0 N–H and O–H groups in total. The fraction of sp³-hybridized carbons (Fsp3) is 0.727. The Kier molecular flexibility index (Phi) is 5.22. The third-order valence-corrected chi connectivity index (χ3v) is 2.31. The summed E-state index contributed by atoms with van der Waals surface area (Å²) in [5, 5.41) is 0. The summed E-state index contributed by atoms with van der Waals surface area (Å²) in [7, 11) is 0. The predicted octanol–water partition coefficient (Wildman–Crippen LogP) is 0.107. The van der Waals surface area contributed by atoms with Gasteiger partial charge in [-0.05, 0) is 0 Å². The van der Waals surface area contributed by atoms with Crippen LogP contribution >= 0.6 is 0 Å². The van der Waals surface area contributed by atoms with Crippen molar-refractivity contribution in [1.82, 2.24) is 0 Å². The van der Waals surface area contributed by atoms with Crippen molar-refractivity contribution in [2.75, 3.05) is 6.61 Å². The summed E-state index contributed by atoms with van der Waals surface area (Å²) in [5.41, 5.74) is 0. The van der Waals surface area contributed by atoms with Crippen LogP contribution in [0.5, 0.6) is 0 Å². The molecule has 0 aliphatic carbocycles. The SMILES string of the molecule is CC(=O)OC[C@@H]1OC(F)[C@H](OC(C)=O)[C@H]1OC(C)=O. The lowest BCUT2D eigenvalue weighted by Crippen LogP contribution is -2.40. The molecule has 0 aromatic rings. The molecule has 0 aromatic heterocycles. The molecular weight excluding hydrogens is 263 g/mol. The van der Waals surface area contributed by atoms with E-state index in [-0.39, 0.29) is 6.61 Å². The van der Waals surface area contributed by atoms with Crippen molar-refractivity contribution in [3.05, 3.63) is 0 Å². The lowest BCUT2D eigenvalue weighted by Gasteiger charge is -2.21. The maximum absolute atomic E-state index is 13.6. The van der Waals surface area contributed by atoms with Crippen LogP contribution in [0.4, 0.5) is 4.39 Å². The standard InChI is InChI=1S/C11H15FO7/c1-5(13)16-4-8-9(17-6(2)14)10(11(12)19-8)18-7(3)15/h8-11H,4H2,1-3H3/t8-,9-,10+,11?/m0/s1. The number of alkyl halides is 1. The second kappa shape index (κ2) is 6.46. The molecule has 8 heteroatoms. The van der Waals surface area contributed by atoms with Crippen LogP contribution < -0.4 is 0 Å². The summed E-state index contributed by atoms with van der Waals surface area (Å²) in [5.74, 6) is -2.01. The highest BCUT2D eigenvalue weighted by molar-refractivity contribution is 5.67. The van der Waals surface area contributed by atoms with E-state index in [2.05, 4.69) is 4.74 Å². The van der Waals surface area contributed by atoms with Gasteiger partial charge in [0.15, 0.2) is 12.2 Å². The highest BCUT2D eigenvalue weighted by atomic mass is 19.1. The number of rotatable bonds is 4. The molecule has 0 amide bonds. The second-order valence-electron chi connectivity index (χ2n) is 3.98. The quantitative estimate of drug-likeness (QED) is 0.532. The van der Waals surface area contributed by atoms with Crippen LogP contribution in [-0.2, 0) is 33.3 Å². The number of esters is 3. The van der Waals surface area contributed by atoms with Gasteiger partial charge < -0.3 is 18.9 Å². The summed E-state index contributed by atoms with van der Waals surface area (Å²) in [6.07, 6.45) is -5.50. The molecule has 0 bridgehead atoms. The number of hydrogen-bond acceptors (Lipinski definition) is 7. The molecule has 4 atom stereocenters. The highest BCUT2D eigenvalue weighted by Crippen LogP contribution is 2.28. The first kappa shape index (κ1) is 15.4. The fourth-order valence-electron chi connectivity index (χ4n) is 1.66. The van der Waals surface area contributed by atoms with Crippen LogP contribution in [-0.4, -0.2) is 49.2 Å². The van der Waals surface area contributed by atoms with Crippen molar-refractivity contribution in [3.63, 3.8) is 0 Å². The van der Waals surface area contributed by atoms with Gasteiger partial charge in [0.1, 0.15) is 12.7 Å². The van der Waals surface area contributed by atoms with E-state index in [1.807, 2.05) is 0 Å². The molecular formula is C11H15FO7. The Hall–Kier alpha value is -1.70. The van der Waals surface area contributed by atoms with Gasteiger partial charge in [-0.3, -0.25) is 14.4 Å². The molecule has 1 fully saturated rings. The first-order valence-corrected chi connectivity index (χ1v) is 5.58. The van der Waals surface area contributed by atoms with Gasteiger partial charge >= 0.3 is 17.9 Å². The van der Waals surface area contributed by atoms with Crippen molar-refractivity contribution < 1.29 is 37.7 Å². The number of carbonyl (C=O) groups excluding carboxylic acids is 3. The molecule has 0 radical (unpaired) electrons. The molecule has 108 valence electrons. The zero-order chi connectivity index (χ0) is 14.6. The highest BCUT2D eigenvalue weighted by Gasteiger charge is 2.50. The van der Waals surface area contributed by atoms with Crippen LogP contribution in [0, 0.1) is 0 Å². The minimum Gasteiger partial charge on any atom is -0.463 e. The van der Waals surface area contributed by atoms with Crippen LogP contribution in [0.1, 0.15) is 20.8 Å². The number of ether oxygens (including phenoxy) is 4. The first-order chi connectivity index (χ1) is 8.81. The van der Waals surface area contributed by atoms with E-state index in [0.29, 0.717) is 0 Å². The third kappa shape index (κ3) is 4.47. The summed E-state index contributed by atoms with van der Waals surface area (Å²) in [4.78, 5) is 32.6.